The molecule has 0 radical (unpaired) electrons. The average Bonchev–Trinajstić information content (AvgIpc) is 3.58. The van der Waals surface area contributed by atoms with Crippen molar-refractivity contribution in [2.45, 2.75) is 22.5 Å². The maximum atomic E-state index is 13.5. The zero-order chi connectivity index (χ0) is 23.1. The predicted molar refractivity (Wildman–Crippen MR) is 119 cm³/mol. The molecule has 0 bridgehead atoms. The Bertz CT molecular complexity index is 1310. The van der Waals surface area contributed by atoms with E-state index in [1.54, 1.807) is 24.3 Å². The molecule has 11 heteroatoms. The van der Waals surface area contributed by atoms with Crippen LogP contribution in [0.4, 0.5) is 20.7 Å². The number of urea groups is 1. The van der Waals surface area contributed by atoms with Gasteiger partial charge in [-0.1, -0.05) is 11.6 Å². The van der Waals surface area contributed by atoms with Gasteiger partial charge in [-0.15, -0.1) is 0 Å². The molecule has 0 atom stereocenters. The number of rotatable bonds is 5. The molecule has 4 N–H and O–H groups in total. The van der Waals surface area contributed by atoms with E-state index in [9.17, 15) is 17.6 Å². The fourth-order valence-electron chi connectivity index (χ4n) is 3.37. The summed E-state index contributed by atoms with van der Waals surface area (Å²) in [5.74, 6) is -0.320. The van der Waals surface area contributed by atoms with Crippen LogP contribution in [-0.2, 0) is 14.6 Å². The van der Waals surface area contributed by atoms with E-state index in [4.69, 9.17) is 17.3 Å². The summed E-state index contributed by atoms with van der Waals surface area (Å²) in [4.78, 5) is 20.1. The molecule has 0 spiro atoms. The van der Waals surface area contributed by atoms with E-state index >= 15 is 0 Å². The Morgan fingerprint density at radius 3 is 2.41 bits per heavy atom. The fraction of sp³-hybridized carbons (Fsp3) is 0.190. The minimum absolute atomic E-state index is 0.0789. The second kappa shape index (κ2) is 8.03. The number of carbonyl (C=O) groups is 1. The quantitative estimate of drug-likeness (QED) is 0.482. The molecule has 2 amide bonds. The lowest BCUT2D eigenvalue weighted by molar-refractivity contribution is 0.254. The van der Waals surface area contributed by atoms with Crippen molar-refractivity contribution in [1.82, 2.24) is 15.3 Å². The number of benzene rings is 2. The Labute approximate surface area is 188 Å². The molecule has 1 aromatic heterocycles. The molecule has 0 saturated heterocycles. The van der Waals surface area contributed by atoms with Gasteiger partial charge in [0.1, 0.15) is 16.4 Å². The summed E-state index contributed by atoms with van der Waals surface area (Å²) < 4.78 is 39.0. The van der Waals surface area contributed by atoms with Gasteiger partial charge in [-0.25, -0.2) is 27.6 Å². The molecule has 1 aliphatic rings. The van der Waals surface area contributed by atoms with Gasteiger partial charge in [0, 0.05) is 24.4 Å². The maximum absolute atomic E-state index is 13.5. The summed E-state index contributed by atoms with van der Waals surface area (Å²) in [6, 6.07) is 11.1. The van der Waals surface area contributed by atoms with Crippen molar-refractivity contribution in [3.63, 3.8) is 0 Å². The number of hydrogen-bond donors (Lipinski definition) is 3. The van der Waals surface area contributed by atoms with Gasteiger partial charge in [0.15, 0.2) is 15.7 Å². The number of amides is 2. The second-order valence-electron chi connectivity index (χ2n) is 7.36. The molecule has 8 nitrogen and oxygen atoms in total. The molecule has 1 saturated carbocycles. The Kier molecular flexibility index (Phi) is 5.51. The predicted octanol–water partition coefficient (Wildman–Crippen LogP) is 3.73. The highest BCUT2D eigenvalue weighted by atomic mass is 35.5. The van der Waals surface area contributed by atoms with Gasteiger partial charge in [0.05, 0.1) is 15.6 Å². The van der Waals surface area contributed by atoms with Crippen molar-refractivity contribution in [3.8, 4) is 11.4 Å². The van der Waals surface area contributed by atoms with Gasteiger partial charge in [0.2, 0.25) is 0 Å². The number of carbonyl (C=O) groups excluding carboxylic acids is 1. The standard InChI is InChI=1S/C21H19ClFN5O3S/c1-25-20(29)26-13-4-2-12(3-5-13)19-27-17(11-18(24)28-19)21(8-9-21)32(30,31)14-6-7-16(23)15(22)10-14/h2-7,10-11H,8-9H2,1H3,(H2,24,27,28)(H2,25,26,29). The number of halogens is 2. The van der Waals surface area contributed by atoms with Crippen LogP contribution in [0, 0.1) is 5.82 Å². The average molecular weight is 476 g/mol. The summed E-state index contributed by atoms with van der Waals surface area (Å²) in [6.07, 6.45) is 0.685. The Morgan fingerprint density at radius 1 is 1.12 bits per heavy atom. The Hall–Kier alpha value is -3.24. The van der Waals surface area contributed by atoms with E-state index < -0.39 is 20.4 Å². The number of nitrogen functional groups attached to an aromatic ring is 1. The largest absolute Gasteiger partial charge is 0.384 e. The van der Waals surface area contributed by atoms with E-state index in [0.29, 0.717) is 24.1 Å². The molecular formula is C21H19ClFN5O3S. The summed E-state index contributed by atoms with van der Waals surface area (Å²) >= 11 is 5.81. The Balaban J connectivity index is 1.71. The minimum atomic E-state index is -3.91. The SMILES string of the molecule is CNC(=O)Nc1ccc(-c2nc(N)cc(C3(S(=O)(=O)c4ccc(F)c(Cl)c4)CC3)n2)cc1. The number of aromatic nitrogens is 2. The molecule has 2 aromatic carbocycles. The molecular weight excluding hydrogens is 457 g/mol. The zero-order valence-electron chi connectivity index (χ0n) is 16.9. The molecule has 1 heterocycles. The van der Waals surface area contributed by atoms with Crippen LogP contribution in [0.25, 0.3) is 11.4 Å². The molecule has 0 aliphatic heterocycles. The van der Waals surface area contributed by atoms with Gasteiger partial charge < -0.3 is 16.4 Å². The summed E-state index contributed by atoms with van der Waals surface area (Å²) in [5, 5.41) is 4.83. The monoisotopic (exact) mass is 475 g/mol. The zero-order valence-corrected chi connectivity index (χ0v) is 18.5. The van der Waals surface area contributed by atoms with Crippen LogP contribution < -0.4 is 16.4 Å². The van der Waals surface area contributed by atoms with Crippen LogP contribution in [-0.4, -0.2) is 31.5 Å². The number of anilines is 2. The molecule has 1 aliphatic carbocycles. The van der Waals surface area contributed by atoms with E-state index in [1.165, 1.54) is 19.2 Å². The van der Waals surface area contributed by atoms with Crippen LogP contribution in [0.1, 0.15) is 18.5 Å². The molecule has 32 heavy (non-hydrogen) atoms. The van der Waals surface area contributed by atoms with Crippen molar-refractivity contribution in [2.24, 2.45) is 0 Å². The van der Waals surface area contributed by atoms with Gasteiger partial charge in [0.25, 0.3) is 0 Å². The Morgan fingerprint density at radius 2 is 1.81 bits per heavy atom. The highest BCUT2D eigenvalue weighted by Crippen LogP contribution is 2.55. The first-order valence-corrected chi connectivity index (χ1v) is 11.5. The van der Waals surface area contributed by atoms with Crippen molar-refractivity contribution in [3.05, 3.63) is 65.1 Å². The van der Waals surface area contributed by atoms with Crippen LogP contribution in [0.2, 0.25) is 5.02 Å². The first kappa shape index (κ1) is 22.0. The van der Waals surface area contributed by atoms with Crippen LogP contribution >= 0.6 is 11.6 Å². The lowest BCUT2D eigenvalue weighted by atomic mass is 10.1. The topological polar surface area (TPSA) is 127 Å². The first-order chi connectivity index (χ1) is 15.2. The third-order valence-electron chi connectivity index (χ3n) is 5.26. The third kappa shape index (κ3) is 3.87. The van der Waals surface area contributed by atoms with Gasteiger partial charge >= 0.3 is 6.03 Å². The number of hydrogen-bond acceptors (Lipinski definition) is 6. The summed E-state index contributed by atoms with van der Waals surface area (Å²) in [5.41, 5.74) is 7.41. The summed E-state index contributed by atoms with van der Waals surface area (Å²) in [7, 11) is -2.40. The number of nitrogens with one attached hydrogen (secondary N) is 2. The molecule has 166 valence electrons. The van der Waals surface area contributed by atoms with Crippen LogP contribution in [0.3, 0.4) is 0 Å². The second-order valence-corrected chi connectivity index (χ2v) is 10.0. The number of sulfone groups is 1. The fourth-order valence-corrected chi connectivity index (χ4v) is 5.61. The first-order valence-electron chi connectivity index (χ1n) is 9.60. The van der Waals surface area contributed by atoms with E-state index in [2.05, 4.69) is 20.6 Å². The molecule has 1 fully saturated rings. The lowest BCUT2D eigenvalue weighted by Gasteiger charge is -2.17. The van der Waals surface area contributed by atoms with Crippen molar-refractivity contribution in [1.29, 1.82) is 0 Å². The van der Waals surface area contributed by atoms with Gasteiger partial charge in [-0.05, 0) is 55.3 Å². The molecule has 0 unspecified atom stereocenters. The normalized spacial score (nSPS) is 14.6. The van der Waals surface area contributed by atoms with E-state index in [0.717, 1.165) is 12.1 Å². The third-order valence-corrected chi connectivity index (χ3v) is 8.07. The lowest BCUT2D eigenvalue weighted by Crippen LogP contribution is -2.24. The van der Waals surface area contributed by atoms with Crippen molar-refractivity contribution >= 4 is 39.0 Å². The smallest absolute Gasteiger partial charge is 0.318 e. The number of nitrogens with two attached hydrogens (primary N) is 1. The van der Waals surface area contributed by atoms with Gasteiger partial charge in [-0.3, -0.25) is 0 Å². The van der Waals surface area contributed by atoms with Crippen LogP contribution in [0.15, 0.2) is 53.4 Å². The molecule has 3 aromatic rings. The van der Waals surface area contributed by atoms with E-state index in [1.807, 2.05) is 0 Å². The highest BCUT2D eigenvalue weighted by Gasteiger charge is 2.58. The van der Waals surface area contributed by atoms with Gasteiger partial charge in [-0.2, -0.15) is 0 Å². The molecule has 4 rings (SSSR count). The maximum Gasteiger partial charge on any atom is 0.318 e. The summed E-state index contributed by atoms with van der Waals surface area (Å²) in [6.45, 7) is 0. The highest BCUT2D eigenvalue weighted by molar-refractivity contribution is 7.92. The number of nitrogens with zero attached hydrogens (tertiary/aromatic N) is 2. The van der Waals surface area contributed by atoms with Crippen molar-refractivity contribution in [2.75, 3.05) is 18.1 Å². The van der Waals surface area contributed by atoms with E-state index in [-0.39, 0.29) is 33.3 Å². The van der Waals surface area contributed by atoms with Crippen LogP contribution in [0.5, 0.6) is 0 Å². The minimum Gasteiger partial charge on any atom is -0.384 e. The van der Waals surface area contributed by atoms with Crippen molar-refractivity contribution < 1.29 is 17.6 Å².